The number of ether oxygens (including phenoxy) is 1. The van der Waals surface area contributed by atoms with Gasteiger partial charge in [-0.2, -0.15) is 4.98 Å². The van der Waals surface area contributed by atoms with Crippen LogP contribution in [0.1, 0.15) is 5.69 Å². The van der Waals surface area contributed by atoms with Crippen molar-refractivity contribution in [2.75, 3.05) is 5.73 Å². The minimum atomic E-state index is 0.0721. The predicted molar refractivity (Wildman–Crippen MR) is 75.4 cm³/mol. The number of aryl methyl sites for hydroxylation is 1. The molecule has 1 heterocycles. The highest BCUT2D eigenvalue weighted by Gasteiger charge is 2.12. The van der Waals surface area contributed by atoms with Crippen LogP contribution in [0.25, 0.3) is 0 Å². The Kier molecular flexibility index (Phi) is 3.94. The van der Waals surface area contributed by atoms with E-state index in [1.165, 1.54) is 0 Å². The molecule has 2 N–H and O–H groups in total. The van der Waals surface area contributed by atoms with Gasteiger partial charge in [-0.05, 0) is 36.7 Å². The van der Waals surface area contributed by atoms with Gasteiger partial charge >= 0.3 is 0 Å². The molecule has 18 heavy (non-hydrogen) atoms. The maximum absolute atomic E-state index is 6.01. The smallest absolute Gasteiger partial charge is 0.247 e. The summed E-state index contributed by atoms with van der Waals surface area (Å²) in [7, 11) is 0. The van der Waals surface area contributed by atoms with E-state index in [2.05, 4.69) is 25.9 Å². The summed E-state index contributed by atoms with van der Waals surface area (Å²) < 4.78 is 6.39. The van der Waals surface area contributed by atoms with Crippen LogP contribution in [0.15, 0.2) is 22.7 Å². The van der Waals surface area contributed by atoms with E-state index < -0.39 is 0 Å². The number of benzene rings is 1. The molecular formula is C11H8BrCl2N3O. The topological polar surface area (TPSA) is 61.0 Å². The van der Waals surface area contributed by atoms with Crippen molar-refractivity contribution in [2.45, 2.75) is 6.92 Å². The normalized spacial score (nSPS) is 10.4. The molecule has 0 spiro atoms. The van der Waals surface area contributed by atoms with Crippen LogP contribution >= 0.6 is 39.1 Å². The number of rotatable bonds is 2. The molecule has 0 fully saturated rings. The van der Waals surface area contributed by atoms with Crippen LogP contribution in [0.2, 0.25) is 10.3 Å². The van der Waals surface area contributed by atoms with E-state index in [0.717, 1.165) is 4.47 Å². The Morgan fingerprint density at radius 1 is 1.28 bits per heavy atom. The highest BCUT2D eigenvalue weighted by molar-refractivity contribution is 9.10. The van der Waals surface area contributed by atoms with Gasteiger partial charge in [0.1, 0.15) is 11.4 Å². The van der Waals surface area contributed by atoms with E-state index in [-0.39, 0.29) is 11.2 Å². The van der Waals surface area contributed by atoms with Gasteiger partial charge in [-0.15, -0.1) is 0 Å². The molecule has 0 saturated heterocycles. The molecule has 0 aliphatic rings. The summed E-state index contributed by atoms with van der Waals surface area (Å²) in [6.07, 6.45) is 0. The van der Waals surface area contributed by atoms with Gasteiger partial charge in [0.15, 0.2) is 0 Å². The van der Waals surface area contributed by atoms with Gasteiger partial charge in [0.2, 0.25) is 11.2 Å². The molecule has 0 aliphatic carbocycles. The number of nitrogen functional groups attached to an aromatic ring is 1. The fourth-order valence-electron chi connectivity index (χ4n) is 1.26. The van der Waals surface area contributed by atoms with Gasteiger partial charge in [-0.3, -0.25) is 0 Å². The van der Waals surface area contributed by atoms with Gasteiger partial charge in [0, 0.05) is 4.47 Å². The van der Waals surface area contributed by atoms with Crippen molar-refractivity contribution in [1.29, 1.82) is 0 Å². The Bertz CT molecular complexity index is 607. The summed E-state index contributed by atoms with van der Waals surface area (Å²) in [6.45, 7) is 1.72. The molecule has 0 saturated carbocycles. The Balaban J connectivity index is 2.43. The molecule has 0 atom stereocenters. The molecule has 0 unspecified atom stereocenters. The van der Waals surface area contributed by atoms with Gasteiger partial charge in [-0.25, -0.2) is 4.98 Å². The number of nitrogens with two attached hydrogens (primary N) is 1. The minimum Gasteiger partial charge on any atom is -0.435 e. The van der Waals surface area contributed by atoms with Crippen LogP contribution in [0, 0.1) is 6.92 Å². The first-order chi connectivity index (χ1) is 8.47. The Hall–Kier alpha value is -1.04. The first kappa shape index (κ1) is 13.4. The van der Waals surface area contributed by atoms with Crippen LogP contribution in [-0.2, 0) is 0 Å². The third-order valence-corrected chi connectivity index (χ3v) is 3.15. The van der Waals surface area contributed by atoms with E-state index in [1.54, 1.807) is 25.1 Å². The monoisotopic (exact) mass is 347 g/mol. The summed E-state index contributed by atoms with van der Waals surface area (Å²) in [4.78, 5) is 7.86. The lowest BCUT2D eigenvalue weighted by molar-refractivity contribution is 0.463. The largest absolute Gasteiger partial charge is 0.435 e. The second kappa shape index (κ2) is 5.30. The summed E-state index contributed by atoms with van der Waals surface area (Å²) in [5.74, 6) is 0.624. The molecule has 94 valence electrons. The summed E-state index contributed by atoms with van der Waals surface area (Å²) in [5.41, 5.74) is 6.71. The zero-order valence-corrected chi connectivity index (χ0v) is 12.3. The van der Waals surface area contributed by atoms with E-state index in [4.69, 9.17) is 33.7 Å². The van der Waals surface area contributed by atoms with Crippen LogP contribution < -0.4 is 10.5 Å². The highest BCUT2D eigenvalue weighted by atomic mass is 79.9. The maximum atomic E-state index is 6.01. The standard InChI is InChI=1S/C11H8BrCl2N3O/c1-5-9(15)10(17-11(14)16-5)18-8-4-6(12)2-3-7(8)13/h2-4H,15H2,1H3. The first-order valence-electron chi connectivity index (χ1n) is 4.90. The molecule has 2 aromatic rings. The first-order valence-corrected chi connectivity index (χ1v) is 6.45. The average molecular weight is 349 g/mol. The Morgan fingerprint density at radius 3 is 2.72 bits per heavy atom. The molecular weight excluding hydrogens is 341 g/mol. The number of nitrogens with zero attached hydrogens (tertiary/aromatic N) is 2. The van der Waals surface area contributed by atoms with E-state index in [1.807, 2.05) is 0 Å². The number of halogens is 3. The Labute approximate surface area is 122 Å². The molecule has 7 heteroatoms. The number of hydrogen-bond acceptors (Lipinski definition) is 4. The van der Waals surface area contributed by atoms with Gasteiger partial charge in [0.05, 0.1) is 10.7 Å². The lowest BCUT2D eigenvalue weighted by atomic mass is 10.3. The van der Waals surface area contributed by atoms with Crippen molar-refractivity contribution in [1.82, 2.24) is 9.97 Å². The number of anilines is 1. The maximum Gasteiger partial charge on any atom is 0.247 e. The molecule has 0 aliphatic heterocycles. The lowest BCUT2D eigenvalue weighted by Gasteiger charge is -2.10. The second-order valence-corrected chi connectivity index (χ2v) is 5.13. The van der Waals surface area contributed by atoms with Gasteiger partial charge < -0.3 is 10.5 Å². The number of hydrogen-bond donors (Lipinski definition) is 1. The quantitative estimate of drug-likeness (QED) is 0.825. The molecule has 4 nitrogen and oxygen atoms in total. The SMILES string of the molecule is Cc1nc(Cl)nc(Oc2cc(Br)ccc2Cl)c1N. The molecule has 0 radical (unpaired) electrons. The molecule has 0 bridgehead atoms. The zero-order chi connectivity index (χ0) is 13.3. The van der Waals surface area contributed by atoms with Crippen LogP contribution in [0.5, 0.6) is 11.6 Å². The zero-order valence-electron chi connectivity index (χ0n) is 9.25. The third kappa shape index (κ3) is 2.85. The fraction of sp³-hybridized carbons (Fsp3) is 0.0909. The average Bonchev–Trinajstić information content (AvgIpc) is 2.30. The van der Waals surface area contributed by atoms with Crippen molar-refractivity contribution in [2.24, 2.45) is 0 Å². The predicted octanol–water partition coefficient (Wildman–Crippen LogP) is 4.23. The van der Waals surface area contributed by atoms with E-state index in [0.29, 0.717) is 22.2 Å². The van der Waals surface area contributed by atoms with Crippen molar-refractivity contribution < 1.29 is 4.74 Å². The van der Waals surface area contributed by atoms with E-state index in [9.17, 15) is 0 Å². The van der Waals surface area contributed by atoms with Gasteiger partial charge in [0.25, 0.3) is 0 Å². The fourth-order valence-corrected chi connectivity index (χ4v) is 1.96. The van der Waals surface area contributed by atoms with E-state index >= 15 is 0 Å². The van der Waals surface area contributed by atoms with Crippen molar-refractivity contribution in [3.05, 3.63) is 38.7 Å². The molecule has 0 amide bonds. The second-order valence-electron chi connectivity index (χ2n) is 3.47. The Morgan fingerprint density at radius 2 is 2.00 bits per heavy atom. The summed E-state index contributed by atoms with van der Waals surface area (Å²) >= 11 is 15.1. The molecule has 1 aromatic carbocycles. The van der Waals surface area contributed by atoms with Crippen LogP contribution in [0.4, 0.5) is 5.69 Å². The van der Waals surface area contributed by atoms with Crippen LogP contribution in [-0.4, -0.2) is 9.97 Å². The summed E-state index contributed by atoms with van der Waals surface area (Å²) in [5, 5.41) is 0.521. The molecule has 1 aromatic heterocycles. The van der Waals surface area contributed by atoms with Crippen molar-refractivity contribution >= 4 is 44.8 Å². The highest BCUT2D eigenvalue weighted by Crippen LogP contribution is 2.34. The lowest BCUT2D eigenvalue weighted by Crippen LogP contribution is -2.01. The number of aromatic nitrogens is 2. The van der Waals surface area contributed by atoms with Crippen molar-refractivity contribution in [3.8, 4) is 11.6 Å². The van der Waals surface area contributed by atoms with Crippen LogP contribution in [0.3, 0.4) is 0 Å². The summed E-state index contributed by atoms with van der Waals surface area (Å²) in [6, 6.07) is 5.22. The van der Waals surface area contributed by atoms with Gasteiger partial charge in [-0.1, -0.05) is 27.5 Å². The third-order valence-electron chi connectivity index (χ3n) is 2.17. The molecule has 2 rings (SSSR count). The van der Waals surface area contributed by atoms with Crippen molar-refractivity contribution in [3.63, 3.8) is 0 Å². The minimum absolute atomic E-state index is 0.0721.